The lowest BCUT2D eigenvalue weighted by molar-refractivity contribution is -0.150. The fraction of sp³-hybridized carbons (Fsp3) is 0.238. The van der Waals surface area contributed by atoms with Crippen molar-refractivity contribution in [2.75, 3.05) is 6.61 Å². The molecule has 0 amide bonds. The molecule has 0 aliphatic rings. The van der Waals surface area contributed by atoms with E-state index in [1.165, 1.54) is 6.07 Å². The third-order valence-corrected chi connectivity index (χ3v) is 4.36. The average molecular weight is 369 g/mol. The zero-order valence-electron chi connectivity index (χ0n) is 15.3. The van der Waals surface area contributed by atoms with Crippen molar-refractivity contribution in [3.8, 4) is 16.9 Å². The smallest absolute Gasteiger partial charge is 0.347 e. The Balaban J connectivity index is 2.06. The van der Waals surface area contributed by atoms with E-state index in [9.17, 15) is 14.0 Å². The van der Waals surface area contributed by atoms with E-state index >= 15 is 0 Å². The summed E-state index contributed by atoms with van der Waals surface area (Å²) in [5.74, 6) is -0.410. The normalized spacial score (nSPS) is 12.0. The zero-order valence-corrected chi connectivity index (χ0v) is 15.3. The molecule has 0 aliphatic carbocycles. The SMILES string of the molecule is CCOC(=O)[C@@H](C)Oc1ccc2c(-c3cccc(F)c3C)c[nH]c(=O)c2c1. The first-order valence-corrected chi connectivity index (χ1v) is 8.66. The lowest BCUT2D eigenvalue weighted by Crippen LogP contribution is -2.26. The van der Waals surface area contributed by atoms with Crippen molar-refractivity contribution in [2.24, 2.45) is 0 Å². The molecule has 140 valence electrons. The molecule has 0 aliphatic heterocycles. The topological polar surface area (TPSA) is 68.4 Å². The van der Waals surface area contributed by atoms with E-state index in [0.29, 0.717) is 33.2 Å². The molecular formula is C21H20FNO4. The summed E-state index contributed by atoms with van der Waals surface area (Å²) in [6.45, 7) is 5.26. The van der Waals surface area contributed by atoms with Crippen molar-refractivity contribution in [3.05, 3.63) is 64.3 Å². The van der Waals surface area contributed by atoms with Gasteiger partial charge >= 0.3 is 5.97 Å². The number of halogens is 1. The number of carbonyl (C=O) groups is 1. The van der Waals surface area contributed by atoms with Crippen LogP contribution in [-0.4, -0.2) is 23.7 Å². The lowest BCUT2D eigenvalue weighted by Gasteiger charge is -2.15. The molecule has 0 bridgehead atoms. The maximum absolute atomic E-state index is 14.0. The van der Waals surface area contributed by atoms with Crippen molar-refractivity contribution in [1.82, 2.24) is 4.98 Å². The van der Waals surface area contributed by atoms with Crippen LogP contribution in [0, 0.1) is 12.7 Å². The van der Waals surface area contributed by atoms with E-state index in [1.54, 1.807) is 57.3 Å². The van der Waals surface area contributed by atoms with Gasteiger partial charge in [-0.05, 0) is 61.5 Å². The highest BCUT2D eigenvalue weighted by Crippen LogP contribution is 2.31. The van der Waals surface area contributed by atoms with Gasteiger partial charge in [0, 0.05) is 11.8 Å². The van der Waals surface area contributed by atoms with Crippen molar-refractivity contribution in [2.45, 2.75) is 26.9 Å². The van der Waals surface area contributed by atoms with E-state index in [0.717, 1.165) is 0 Å². The third kappa shape index (κ3) is 3.69. The molecule has 0 spiro atoms. The van der Waals surface area contributed by atoms with Crippen LogP contribution in [0.3, 0.4) is 0 Å². The standard InChI is InChI=1S/C21H20FNO4/c1-4-26-21(25)13(3)27-14-8-9-16-17(10-14)20(24)23-11-18(16)15-6-5-7-19(22)12(15)2/h5-11,13H,4H2,1-3H3,(H,23,24)/t13-/m1/s1. The molecule has 1 N–H and O–H groups in total. The first-order chi connectivity index (χ1) is 12.9. The number of rotatable bonds is 5. The van der Waals surface area contributed by atoms with Gasteiger partial charge in [-0.15, -0.1) is 0 Å². The van der Waals surface area contributed by atoms with Gasteiger partial charge in [0.15, 0.2) is 6.10 Å². The van der Waals surface area contributed by atoms with Crippen LogP contribution in [0.15, 0.2) is 47.4 Å². The molecule has 1 aromatic heterocycles. The fourth-order valence-corrected chi connectivity index (χ4v) is 2.95. The van der Waals surface area contributed by atoms with Crippen LogP contribution >= 0.6 is 0 Å². The molecule has 0 radical (unpaired) electrons. The van der Waals surface area contributed by atoms with Crippen molar-refractivity contribution in [1.29, 1.82) is 0 Å². The number of nitrogens with one attached hydrogen (secondary N) is 1. The van der Waals surface area contributed by atoms with E-state index in [2.05, 4.69) is 4.98 Å². The molecule has 3 aromatic rings. The van der Waals surface area contributed by atoms with E-state index in [1.807, 2.05) is 0 Å². The molecular weight excluding hydrogens is 349 g/mol. The number of carbonyl (C=O) groups excluding carboxylic acids is 1. The molecule has 6 heteroatoms. The number of aromatic nitrogens is 1. The molecule has 0 saturated carbocycles. The summed E-state index contributed by atoms with van der Waals surface area (Å²) in [6.07, 6.45) is 0.781. The average Bonchev–Trinajstić information content (AvgIpc) is 2.65. The van der Waals surface area contributed by atoms with Gasteiger partial charge in [-0.2, -0.15) is 0 Å². The van der Waals surface area contributed by atoms with Crippen molar-refractivity contribution in [3.63, 3.8) is 0 Å². The fourth-order valence-electron chi connectivity index (χ4n) is 2.95. The highest BCUT2D eigenvalue weighted by atomic mass is 19.1. The summed E-state index contributed by atoms with van der Waals surface area (Å²) in [6, 6.07) is 9.82. The highest BCUT2D eigenvalue weighted by Gasteiger charge is 2.17. The molecule has 5 nitrogen and oxygen atoms in total. The third-order valence-electron chi connectivity index (χ3n) is 4.36. The second-order valence-electron chi connectivity index (χ2n) is 6.16. The maximum Gasteiger partial charge on any atom is 0.347 e. The van der Waals surface area contributed by atoms with Crippen LogP contribution in [-0.2, 0) is 9.53 Å². The Bertz CT molecular complexity index is 1060. The number of H-pyrrole nitrogens is 1. The minimum atomic E-state index is -0.796. The number of hydrogen-bond donors (Lipinski definition) is 1. The molecule has 0 unspecified atom stereocenters. The van der Waals surface area contributed by atoms with E-state index < -0.39 is 12.1 Å². The molecule has 27 heavy (non-hydrogen) atoms. The first-order valence-electron chi connectivity index (χ1n) is 8.66. The molecule has 2 aromatic carbocycles. The monoisotopic (exact) mass is 369 g/mol. The largest absolute Gasteiger partial charge is 0.479 e. The van der Waals surface area contributed by atoms with Gasteiger partial charge < -0.3 is 14.5 Å². The number of aromatic amines is 1. The number of ether oxygens (including phenoxy) is 2. The summed E-state index contributed by atoms with van der Waals surface area (Å²) in [5, 5.41) is 1.06. The predicted octanol–water partition coefficient (Wildman–Crippen LogP) is 3.97. The number of esters is 1. The van der Waals surface area contributed by atoms with Gasteiger partial charge in [0.05, 0.1) is 12.0 Å². The van der Waals surface area contributed by atoms with Gasteiger partial charge in [-0.25, -0.2) is 9.18 Å². The number of benzene rings is 2. The van der Waals surface area contributed by atoms with Crippen LogP contribution in [0.25, 0.3) is 21.9 Å². The van der Waals surface area contributed by atoms with Crippen LogP contribution in [0.1, 0.15) is 19.4 Å². The lowest BCUT2D eigenvalue weighted by atomic mass is 9.97. The summed E-state index contributed by atoms with van der Waals surface area (Å²) >= 11 is 0. The first kappa shape index (κ1) is 18.6. The van der Waals surface area contributed by atoms with Crippen molar-refractivity contribution < 1.29 is 18.7 Å². The minimum absolute atomic E-state index is 0.264. The minimum Gasteiger partial charge on any atom is -0.479 e. The summed E-state index contributed by atoms with van der Waals surface area (Å²) in [5.41, 5.74) is 1.62. The Labute approximate surface area is 155 Å². The molecule has 1 atom stereocenters. The summed E-state index contributed by atoms with van der Waals surface area (Å²) < 4.78 is 24.5. The van der Waals surface area contributed by atoms with E-state index in [4.69, 9.17) is 9.47 Å². The van der Waals surface area contributed by atoms with Crippen LogP contribution in [0.2, 0.25) is 0 Å². The molecule has 3 rings (SSSR count). The van der Waals surface area contributed by atoms with Gasteiger partial charge in [-0.3, -0.25) is 4.79 Å². The number of hydrogen-bond acceptors (Lipinski definition) is 4. The molecule has 0 saturated heterocycles. The molecule has 0 fully saturated rings. The second-order valence-corrected chi connectivity index (χ2v) is 6.16. The highest BCUT2D eigenvalue weighted by molar-refractivity contribution is 5.97. The van der Waals surface area contributed by atoms with Crippen molar-refractivity contribution >= 4 is 16.7 Å². The Morgan fingerprint density at radius 3 is 2.70 bits per heavy atom. The Kier molecular flexibility index (Phi) is 5.26. The maximum atomic E-state index is 14.0. The summed E-state index contributed by atoms with van der Waals surface area (Å²) in [4.78, 5) is 26.7. The van der Waals surface area contributed by atoms with Gasteiger partial charge in [0.2, 0.25) is 0 Å². The van der Waals surface area contributed by atoms with Gasteiger partial charge in [0.1, 0.15) is 11.6 Å². The number of fused-ring (bicyclic) bond motifs is 1. The van der Waals surface area contributed by atoms with Crippen LogP contribution < -0.4 is 10.3 Å². The Hall–Kier alpha value is -3.15. The zero-order chi connectivity index (χ0) is 19.6. The molecule has 1 heterocycles. The van der Waals surface area contributed by atoms with Crippen LogP contribution in [0.5, 0.6) is 5.75 Å². The summed E-state index contributed by atoms with van der Waals surface area (Å²) in [7, 11) is 0. The Morgan fingerprint density at radius 1 is 1.19 bits per heavy atom. The van der Waals surface area contributed by atoms with Crippen LogP contribution in [0.4, 0.5) is 4.39 Å². The predicted molar refractivity (Wildman–Crippen MR) is 101 cm³/mol. The second kappa shape index (κ2) is 7.61. The quantitative estimate of drug-likeness (QED) is 0.691. The number of pyridine rings is 1. The van der Waals surface area contributed by atoms with E-state index in [-0.39, 0.29) is 18.0 Å². The van der Waals surface area contributed by atoms with Gasteiger partial charge in [0.25, 0.3) is 5.56 Å². The Morgan fingerprint density at radius 2 is 1.96 bits per heavy atom. The van der Waals surface area contributed by atoms with Gasteiger partial charge in [-0.1, -0.05) is 12.1 Å².